The van der Waals surface area contributed by atoms with Gasteiger partial charge in [0.2, 0.25) is 11.8 Å². The number of fused-ring (bicyclic) bond motifs is 2. The molecular formula is C70H101N5O19. The van der Waals surface area contributed by atoms with Gasteiger partial charge in [0.25, 0.3) is 0 Å². The molecule has 2 aromatic rings. The van der Waals surface area contributed by atoms with Gasteiger partial charge in [0.05, 0.1) is 86.0 Å². The lowest BCUT2D eigenvalue weighted by atomic mass is 9.82. The monoisotopic (exact) mass is 1320 g/mol. The number of carbonyl (C=O) groups is 5. The summed E-state index contributed by atoms with van der Waals surface area (Å²) in [5.41, 5.74) is 1.98. The van der Waals surface area contributed by atoms with Crippen molar-refractivity contribution < 1.29 is 94.0 Å². The minimum Gasteiger partial charge on any atom is -0.461 e. The van der Waals surface area contributed by atoms with E-state index in [1.165, 1.54) is 6.92 Å². The van der Waals surface area contributed by atoms with Crippen LogP contribution in [-0.2, 0) is 44.5 Å². The number of ketones is 2. The highest BCUT2D eigenvalue weighted by Crippen LogP contribution is 2.38. The first-order valence-electron chi connectivity index (χ1n) is 32.4. The zero-order valence-electron chi connectivity index (χ0n) is 54.7. The van der Waals surface area contributed by atoms with Gasteiger partial charge >= 0.3 is 5.97 Å². The third-order valence-electron chi connectivity index (χ3n) is 16.5. The maximum absolute atomic E-state index is 14.2. The predicted molar refractivity (Wildman–Crippen MR) is 351 cm³/mol. The van der Waals surface area contributed by atoms with Crippen LogP contribution in [0.2, 0.25) is 0 Å². The Balaban J connectivity index is 1.40. The third-order valence-corrected chi connectivity index (χ3v) is 16.5. The number of cyclic esters (lactones) is 1. The van der Waals surface area contributed by atoms with Crippen LogP contribution in [0, 0.1) is 17.8 Å². The minimum atomic E-state index is -2.34. The molecule has 2 amide bonds. The largest absolute Gasteiger partial charge is 0.461 e. The number of benzene rings is 1. The summed E-state index contributed by atoms with van der Waals surface area (Å²) in [6.07, 6.45) is 3.80. The number of pyridine rings is 1. The normalized spacial score (nSPS) is 34.1. The van der Waals surface area contributed by atoms with E-state index in [1.54, 1.807) is 154 Å². The van der Waals surface area contributed by atoms with Crippen LogP contribution in [-0.4, -0.2) is 222 Å². The first-order valence-corrected chi connectivity index (χ1v) is 32.4. The molecule has 0 saturated carbocycles. The average Bonchev–Trinajstić information content (AvgIpc) is 0.810. The molecule has 24 nitrogen and oxygen atoms in total. The molecule has 3 aliphatic heterocycles. The van der Waals surface area contributed by atoms with Gasteiger partial charge in [-0.15, -0.1) is 0 Å². The van der Waals surface area contributed by atoms with Gasteiger partial charge in [-0.1, -0.05) is 105 Å². The number of aliphatic hydroxyl groups is 10. The summed E-state index contributed by atoms with van der Waals surface area (Å²) in [6.45, 7) is 5.28. The van der Waals surface area contributed by atoms with Gasteiger partial charge in [-0.05, 0) is 95.4 Å². The van der Waals surface area contributed by atoms with Crippen LogP contribution >= 0.6 is 0 Å². The summed E-state index contributed by atoms with van der Waals surface area (Å²) in [4.78, 5) is 72.6. The SMILES string of the molecule is CNc1ccc(C(=O)CC(O)CCC(C)C2OC(=O)CC(O)CC(=O)CC(O)CC(O)CC(O)CC(O)CC3(O)CC(O)C(C(=O)NCCc4ccccn4)C(CC(OC4OC(C)C(O)C(NC(=O)CN(C)C)C4O)/C=C/C=C/C=C/C=C\C=C/C=C/C=C/C2C)O3)cc1. The molecule has 5 rings (SSSR count). The van der Waals surface area contributed by atoms with Crippen LogP contribution in [0.5, 0.6) is 0 Å². The van der Waals surface area contributed by atoms with Gasteiger partial charge in [-0.2, -0.15) is 0 Å². The average molecular weight is 1320 g/mol. The smallest absolute Gasteiger partial charge is 0.308 e. The van der Waals surface area contributed by atoms with Gasteiger partial charge < -0.3 is 90.9 Å². The Kier molecular flexibility index (Phi) is 33.4. The summed E-state index contributed by atoms with van der Waals surface area (Å²) in [7, 11) is 5.12. The number of aliphatic hydroxyl groups excluding tert-OH is 9. The number of hydrogen-bond acceptors (Lipinski definition) is 22. The topological polar surface area (TPSA) is 377 Å². The molecule has 1 aromatic carbocycles. The lowest BCUT2D eigenvalue weighted by Gasteiger charge is -2.46. The van der Waals surface area contributed by atoms with Crippen molar-refractivity contribution in [1.29, 1.82) is 0 Å². The van der Waals surface area contributed by atoms with E-state index in [0.717, 1.165) is 5.69 Å². The molecule has 94 heavy (non-hydrogen) atoms. The number of nitrogens with one attached hydrogen (secondary N) is 3. The van der Waals surface area contributed by atoms with Gasteiger partial charge in [-0.25, -0.2) is 0 Å². The Labute approximate surface area is 551 Å². The molecule has 1 aromatic heterocycles. The van der Waals surface area contributed by atoms with E-state index in [2.05, 4.69) is 20.9 Å². The fourth-order valence-corrected chi connectivity index (χ4v) is 11.7. The summed E-state index contributed by atoms with van der Waals surface area (Å²) < 4.78 is 24.7. The molecule has 19 unspecified atom stereocenters. The lowest BCUT2D eigenvalue weighted by Crippen LogP contribution is -2.64. The van der Waals surface area contributed by atoms with Gasteiger partial charge in [-0.3, -0.25) is 29.0 Å². The molecule has 520 valence electrons. The van der Waals surface area contributed by atoms with Gasteiger partial charge in [0.1, 0.15) is 24.1 Å². The Hall–Kier alpha value is -6.46. The van der Waals surface area contributed by atoms with E-state index in [4.69, 9.17) is 18.9 Å². The Morgan fingerprint density at radius 3 is 1.96 bits per heavy atom. The molecule has 19 atom stereocenters. The summed E-state index contributed by atoms with van der Waals surface area (Å²) >= 11 is 0. The van der Waals surface area contributed by atoms with Crippen LogP contribution in [0.4, 0.5) is 5.69 Å². The Morgan fingerprint density at radius 2 is 1.34 bits per heavy atom. The summed E-state index contributed by atoms with van der Waals surface area (Å²) in [5.74, 6) is -7.22. The number of hydrogen-bond donors (Lipinski definition) is 13. The molecule has 2 bridgehead atoms. The maximum Gasteiger partial charge on any atom is 0.308 e. The number of nitrogens with zero attached hydrogens (tertiary/aromatic N) is 2. The zero-order valence-corrected chi connectivity index (χ0v) is 54.7. The van der Waals surface area contributed by atoms with E-state index in [-0.39, 0.29) is 50.0 Å². The van der Waals surface area contributed by atoms with Crippen molar-refractivity contribution in [3.63, 3.8) is 0 Å². The minimum absolute atomic E-state index is 0.0579. The number of ether oxygens (including phenoxy) is 4. The van der Waals surface area contributed by atoms with E-state index in [9.17, 15) is 75.0 Å². The summed E-state index contributed by atoms with van der Waals surface area (Å²) in [5, 5.41) is 121. The van der Waals surface area contributed by atoms with Crippen molar-refractivity contribution in [2.24, 2.45) is 17.8 Å². The van der Waals surface area contributed by atoms with Crippen molar-refractivity contribution in [3.05, 3.63) is 145 Å². The molecule has 13 N–H and O–H groups in total. The van der Waals surface area contributed by atoms with E-state index in [1.807, 2.05) is 19.9 Å². The number of Topliss-reactive ketones (excluding diaryl/α,β-unsaturated/α-hetero) is 2. The highest BCUT2D eigenvalue weighted by molar-refractivity contribution is 5.96. The number of carbonyl (C=O) groups excluding carboxylic acids is 5. The van der Waals surface area contributed by atoms with Crippen LogP contribution in [0.15, 0.2) is 134 Å². The van der Waals surface area contributed by atoms with Crippen molar-refractivity contribution in [2.75, 3.05) is 39.5 Å². The third kappa shape index (κ3) is 27.7. The molecular weight excluding hydrogens is 1210 g/mol. The van der Waals surface area contributed by atoms with E-state index < -0.39 is 178 Å². The van der Waals surface area contributed by atoms with Crippen LogP contribution in [0.25, 0.3) is 0 Å². The fraction of sp³-hybridized carbons (Fsp3) is 0.571. The summed E-state index contributed by atoms with van der Waals surface area (Å²) in [6, 6.07) is 11.0. The Bertz CT molecular complexity index is 2870. The van der Waals surface area contributed by atoms with Crippen molar-refractivity contribution >= 4 is 35.0 Å². The van der Waals surface area contributed by atoms with Crippen molar-refractivity contribution in [3.8, 4) is 0 Å². The molecule has 24 heteroatoms. The molecule has 2 fully saturated rings. The standard InChI is InChI=1S/C70H101N5O19/c1-44-21-17-15-13-11-9-7-8-10-12-14-16-18-23-57(92-69-66(88)64(65(87)46(3)91-69)74-61(85)43-75(5)6)40-60-63(68(89)73-32-30-49-22-19-20-31-72-49)59(84)42-70(90,94-60)41-56(82)37-54(80)35-52(78)33-51(77)34-53(79)36-55(81)39-62(86)93-67(44)45(2)24-29-50(76)38-58(83)47-25-27-48(71-4)28-26-47/h7-23,25-28,31,44-46,50-52,54-57,59-60,63-67,69,71,76-78,80-82,84,87-88,90H,24,29-30,32-43H2,1-6H3,(H,73,89)(H,74,85)/b8-7-,11-9-,12-10+,15-13+,16-14+,21-17+,23-18+. The Morgan fingerprint density at radius 1 is 0.734 bits per heavy atom. The molecule has 4 heterocycles. The van der Waals surface area contributed by atoms with Crippen LogP contribution < -0.4 is 16.0 Å². The second-order valence-electron chi connectivity index (χ2n) is 25.2. The van der Waals surface area contributed by atoms with Gasteiger partial charge in [0.15, 0.2) is 17.9 Å². The first kappa shape index (κ1) is 78.2. The van der Waals surface area contributed by atoms with E-state index >= 15 is 0 Å². The first-order chi connectivity index (χ1) is 44.7. The molecule has 3 aliphatic rings. The molecule has 0 aliphatic carbocycles. The second-order valence-corrected chi connectivity index (χ2v) is 25.2. The van der Waals surface area contributed by atoms with Crippen molar-refractivity contribution in [1.82, 2.24) is 20.5 Å². The highest BCUT2D eigenvalue weighted by atomic mass is 16.7. The molecule has 2 saturated heterocycles. The quantitative estimate of drug-likeness (QED) is 0.0799. The van der Waals surface area contributed by atoms with E-state index in [0.29, 0.717) is 24.1 Å². The number of allylic oxidation sites excluding steroid dienone is 12. The highest BCUT2D eigenvalue weighted by Gasteiger charge is 2.51. The zero-order chi connectivity index (χ0) is 68.9. The number of aromatic nitrogens is 1. The lowest BCUT2D eigenvalue weighted by molar-refractivity contribution is -0.307. The second kappa shape index (κ2) is 40.2. The van der Waals surface area contributed by atoms with Crippen LogP contribution in [0.1, 0.15) is 114 Å². The number of anilines is 1. The number of esters is 1. The number of rotatable bonds is 17. The van der Waals surface area contributed by atoms with Crippen molar-refractivity contribution in [2.45, 2.75) is 202 Å². The fourth-order valence-electron chi connectivity index (χ4n) is 11.7. The number of amides is 2. The molecule has 0 radical (unpaired) electrons. The molecule has 0 spiro atoms. The maximum atomic E-state index is 14.2. The predicted octanol–water partition coefficient (Wildman–Crippen LogP) is 3.13. The van der Waals surface area contributed by atoms with Crippen LogP contribution in [0.3, 0.4) is 0 Å². The number of likely N-dealkylation sites (N-methyl/N-ethyl adjacent to an activating group) is 1. The van der Waals surface area contributed by atoms with Gasteiger partial charge in [0, 0.05) is 87.6 Å².